The smallest absolute Gasteiger partial charge is 0.333 e. The van der Waals surface area contributed by atoms with Gasteiger partial charge in [-0.15, -0.1) is 0 Å². The van der Waals surface area contributed by atoms with Crippen LogP contribution in [0.5, 0.6) is 0 Å². The number of esters is 2. The van der Waals surface area contributed by atoms with Crippen molar-refractivity contribution in [2.75, 3.05) is 0 Å². The van der Waals surface area contributed by atoms with Crippen LogP contribution in [0.15, 0.2) is 12.2 Å². The first kappa shape index (κ1) is 17.2. The molecule has 0 rings (SSSR count). The normalized spacial score (nSPS) is 14.6. The van der Waals surface area contributed by atoms with Crippen molar-refractivity contribution < 1.29 is 19.1 Å². The molecule has 2 unspecified atom stereocenters. The van der Waals surface area contributed by atoms with E-state index in [0.717, 1.165) is 0 Å². The molecule has 0 aliphatic carbocycles. The van der Waals surface area contributed by atoms with Gasteiger partial charge in [-0.05, 0) is 34.6 Å². The van der Waals surface area contributed by atoms with Gasteiger partial charge in [0.15, 0.2) is 0 Å². The average molecular weight is 321 g/mol. The predicted octanol–water partition coefficient (Wildman–Crippen LogP) is 2.99. The van der Waals surface area contributed by atoms with Crippen LogP contribution < -0.4 is 0 Å². The summed E-state index contributed by atoms with van der Waals surface area (Å²) in [5, 5.41) is 0. The Balaban J connectivity index is 4.17. The Bertz CT molecular complexity index is 330. The van der Waals surface area contributed by atoms with Crippen molar-refractivity contribution in [3.63, 3.8) is 0 Å². The largest absolute Gasteiger partial charge is 0.461 e. The van der Waals surface area contributed by atoms with Gasteiger partial charge in [-0.1, -0.05) is 22.5 Å². The maximum atomic E-state index is 11.6. The SMILES string of the molecule is C=C(C)C(=O)OC(C)CC(C)OC(=O)C(C)(C)Br. The molecule has 18 heavy (non-hydrogen) atoms. The summed E-state index contributed by atoms with van der Waals surface area (Å²) in [7, 11) is 0. The minimum atomic E-state index is -0.709. The van der Waals surface area contributed by atoms with Crippen molar-refractivity contribution in [3.05, 3.63) is 12.2 Å². The van der Waals surface area contributed by atoms with Crippen LogP contribution in [-0.2, 0) is 19.1 Å². The summed E-state index contributed by atoms with van der Waals surface area (Å²) in [5.74, 6) is -0.768. The maximum Gasteiger partial charge on any atom is 0.333 e. The highest BCUT2D eigenvalue weighted by molar-refractivity contribution is 9.10. The van der Waals surface area contributed by atoms with Gasteiger partial charge in [-0.3, -0.25) is 4.79 Å². The lowest BCUT2D eigenvalue weighted by Crippen LogP contribution is -2.31. The van der Waals surface area contributed by atoms with E-state index in [4.69, 9.17) is 9.47 Å². The van der Waals surface area contributed by atoms with Crippen LogP contribution in [0.1, 0.15) is 41.0 Å². The van der Waals surface area contributed by atoms with E-state index >= 15 is 0 Å². The van der Waals surface area contributed by atoms with Crippen molar-refractivity contribution in [1.29, 1.82) is 0 Å². The van der Waals surface area contributed by atoms with E-state index in [2.05, 4.69) is 22.5 Å². The molecule has 0 bridgehead atoms. The summed E-state index contributed by atoms with van der Waals surface area (Å²) < 4.78 is 9.63. The highest BCUT2D eigenvalue weighted by Crippen LogP contribution is 2.19. The van der Waals surface area contributed by atoms with Gasteiger partial charge in [-0.2, -0.15) is 0 Å². The number of hydrogen-bond donors (Lipinski definition) is 0. The Morgan fingerprint density at radius 1 is 1.22 bits per heavy atom. The van der Waals surface area contributed by atoms with E-state index in [1.165, 1.54) is 0 Å². The van der Waals surface area contributed by atoms with Gasteiger partial charge in [0.25, 0.3) is 0 Å². The zero-order chi connectivity index (χ0) is 14.5. The second-order valence-corrected chi connectivity index (χ2v) is 6.90. The van der Waals surface area contributed by atoms with Gasteiger partial charge in [0, 0.05) is 12.0 Å². The molecule has 0 saturated heterocycles. The third kappa shape index (κ3) is 6.79. The van der Waals surface area contributed by atoms with E-state index in [0.29, 0.717) is 12.0 Å². The number of ether oxygens (including phenoxy) is 2. The number of rotatable bonds is 6. The van der Waals surface area contributed by atoms with Gasteiger partial charge in [0.1, 0.15) is 16.5 Å². The number of carbonyl (C=O) groups is 2. The fraction of sp³-hybridized carbons (Fsp3) is 0.692. The Hall–Kier alpha value is -0.840. The molecule has 0 N–H and O–H groups in total. The van der Waals surface area contributed by atoms with E-state index in [9.17, 15) is 9.59 Å². The average Bonchev–Trinajstić information content (AvgIpc) is 2.14. The molecule has 0 saturated carbocycles. The van der Waals surface area contributed by atoms with Crippen molar-refractivity contribution in [2.24, 2.45) is 0 Å². The molecule has 0 radical (unpaired) electrons. The lowest BCUT2D eigenvalue weighted by Gasteiger charge is -2.22. The summed E-state index contributed by atoms with van der Waals surface area (Å²) in [5.41, 5.74) is 0.355. The van der Waals surface area contributed by atoms with Gasteiger partial charge >= 0.3 is 11.9 Å². The predicted molar refractivity (Wildman–Crippen MR) is 73.5 cm³/mol. The Morgan fingerprint density at radius 3 is 2.06 bits per heavy atom. The summed E-state index contributed by atoms with van der Waals surface area (Å²) in [4.78, 5) is 22.9. The Kier molecular flexibility index (Phi) is 6.60. The van der Waals surface area contributed by atoms with Crippen LogP contribution in [0.3, 0.4) is 0 Å². The zero-order valence-corrected chi connectivity index (χ0v) is 13.2. The molecule has 0 aliphatic heterocycles. The lowest BCUT2D eigenvalue weighted by molar-refractivity contribution is -0.153. The van der Waals surface area contributed by atoms with Crippen LogP contribution in [0.25, 0.3) is 0 Å². The van der Waals surface area contributed by atoms with Crippen LogP contribution in [-0.4, -0.2) is 28.5 Å². The maximum absolute atomic E-state index is 11.6. The summed E-state index contributed by atoms with van der Waals surface area (Å²) >= 11 is 3.23. The number of hydrogen-bond acceptors (Lipinski definition) is 4. The topological polar surface area (TPSA) is 52.6 Å². The fourth-order valence-corrected chi connectivity index (χ4v) is 1.26. The molecule has 0 spiro atoms. The van der Waals surface area contributed by atoms with Gasteiger partial charge < -0.3 is 9.47 Å². The molecule has 0 heterocycles. The van der Waals surface area contributed by atoms with Crippen LogP contribution in [0.4, 0.5) is 0 Å². The third-order valence-corrected chi connectivity index (χ3v) is 2.44. The van der Waals surface area contributed by atoms with Crippen molar-refractivity contribution in [3.8, 4) is 0 Å². The zero-order valence-electron chi connectivity index (χ0n) is 11.6. The standard InChI is InChI=1S/C13H21BrO4/c1-8(2)11(15)17-9(3)7-10(4)18-12(16)13(5,6)14/h9-10H,1,7H2,2-6H3. The molecular formula is C13H21BrO4. The second-order valence-electron chi connectivity index (χ2n) is 4.92. The monoisotopic (exact) mass is 320 g/mol. The number of halogens is 1. The molecule has 0 aromatic heterocycles. The minimum Gasteiger partial charge on any atom is -0.461 e. The summed E-state index contributed by atoms with van der Waals surface area (Å²) in [6, 6.07) is 0. The molecule has 104 valence electrons. The van der Waals surface area contributed by atoms with Crippen molar-refractivity contribution in [1.82, 2.24) is 0 Å². The molecule has 0 aromatic rings. The van der Waals surface area contributed by atoms with Crippen LogP contribution in [0, 0.1) is 0 Å². The minimum absolute atomic E-state index is 0.317. The van der Waals surface area contributed by atoms with Crippen molar-refractivity contribution >= 4 is 27.9 Å². The molecule has 0 aromatic carbocycles. The van der Waals surface area contributed by atoms with Crippen molar-refractivity contribution in [2.45, 2.75) is 57.6 Å². The first-order chi connectivity index (χ1) is 8.04. The Morgan fingerprint density at radius 2 is 1.67 bits per heavy atom. The van der Waals surface area contributed by atoms with E-state index in [1.807, 2.05) is 0 Å². The molecule has 0 aliphatic rings. The van der Waals surface area contributed by atoms with E-state index < -0.39 is 10.3 Å². The number of alkyl halides is 1. The van der Waals surface area contributed by atoms with Gasteiger partial charge in [0.2, 0.25) is 0 Å². The lowest BCUT2D eigenvalue weighted by atomic mass is 10.2. The van der Waals surface area contributed by atoms with Crippen LogP contribution in [0.2, 0.25) is 0 Å². The van der Waals surface area contributed by atoms with E-state index in [-0.39, 0.29) is 18.2 Å². The molecule has 4 nitrogen and oxygen atoms in total. The Labute approximate surface area is 117 Å². The summed E-state index contributed by atoms with van der Waals surface area (Å²) in [6.45, 7) is 12.0. The molecule has 5 heteroatoms. The molecular weight excluding hydrogens is 300 g/mol. The fourth-order valence-electron chi connectivity index (χ4n) is 1.17. The molecule has 0 amide bonds. The highest BCUT2D eigenvalue weighted by Gasteiger charge is 2.27. The van der Waals surface area contributed by atoms with E-state index in [1.54, 1.807) is 34.6 Å². The molecule has 2 atom stereocenters. The highest BCUT2D eigenvalue weighted by atomic mass is 79.9. The number of carbonyl (C=O) groups excluding carboxylic acids is 2. The third-order valence-electron chi connectivity index (χ3n) is 2.11. The van der Waals surface area contributed by atoms with Gasteiger partial charge in [0.05, 0.1) is 0 Å². The van der Waals surface area contributed by atoms with Crippen LogP contribution >= 0.6 is 15.9 Å². The summed E-state index contributed by atoms with van der Waals surface area (Å²) in [6.07, 6.45) is -0.189. The second kappa shape index (κ2) is 6.92. The molecule has 0 fully saturated rings. The first-order valence-electron chi connectivity index (χ1n) is 5.80. The van der Waals surface area contributed by atoms with Gasteiger partial charge in [-0.25, -0.2) is 4.79 Å². The quantitative estimate of drug-likeness (QED) is 0.429. The first-order valence-corrected chi connectivity index (χ1v) is 6.59.